The topological polar surface area (TPSA) is 50.4 Å². The van der Waals surface area contributed by atoms with Crippen LogP contribution in [0.15, 0.2) is 27.4 Å². The second kappa shape index (κ2) is 4.45. The molecular formula is C12H11IO3. The van der Waals surface area contributed by atoms with Gasteiger partial charge in [0.15, 0.2) is 5.43 Å². The van der Waals surface area contributed by atoms with Crippen molar-refractivity contribution in [1.29, 1.82) is 0 Å². The summed E-state index contributed by atoms with van der Waals surface area (Å²) in [5.74, 6) is -0.249. The number of halogens is 1. The molecular weight excluding hydrogens is 319 g/mol. The number of aromatic hydroxyl groups is 1. The Morgan fingerprint density at radius 1 is 1.44 bits per heavy atom. The molecule has 2 rings (SSSR count). The smallest absolute Gasteiger partial charge is 0.289 e. The monoisotopic (exact) mass is 330 g/mol. The van der Waals surface area contributed by atoms with Gasteiger partial charge in [0, 0.05) is 3.57 Å². The average Bonchev–Trinajstić information content (AvgIpc) is 2.26. The molecule has 0 spiro atoms. The minimum absolute atomic E-state index is 0.126. The van der Waals surface area contributed by atoms with E-state index in [0.717, 1.165) is 9.99 Å². The molecule has 0 fully saturated rings. The summed E-state index contributed by atoms with van der Waals surface area (Å²) in [4.78, 5) is 12.1. The summed E-state index contributed by atoms with van der Waals surface area (Å²) < 4.78 is 6.21. The van der Waals surface area contributed by atoms with Crippen LogP contribution in [0, 0.1) is 3.57 Å². The van der Waals surface area contributed by atoms with Crippen molar-refractivity contribution in [2.45, 2.75) is 19.8 Å². The maximum atomic E-state index is 12.1. The van der Waals surface area contributed by atoms with Crippen LogP contribution in [-0.4, -0.2) is 5.11 Å². The van der Waals surface area contributed by atoms with E-state index >= 15 is 0 Å². The van der Waals surface area contributed by atoms with Crippen molar-refractivity contribution in [3.05, 3.63) is 37.6 Å². The summed E-state index contributed by atoms with van der Waals surface area (Å²) in [6.07, 6.45) is 1.34. The number of fused-ring (bicyclic) bond motifs is 1. The van der Waals surface area contributed by atoms with E-state index in [1.807, 2.05) is 13.0 Å². The van der Waals surface area contributed by atoms with Crippen LogP contribution in [0.2, 0.25) is 0 Å². The highest BCUT2D eigenvalue weighted by Gasteiger charge is 2.12. The van der Waals surface area contributed by atoms with Crippen molar-refractivity contribution in [3.8, 4) is 5.95 Å². The van der Waals surface area contributed by atoms with Crippen LogP contribution in [0.3, 0.4) is 0 Å². The molecule has 0 saturated heterocycles. The number of hydrogen-bond donors (Lipinski definition) is 1. The van der Waals surface area contributed by atoms with Crippen LogP contribution in [0.4, 0.5) is 0 Å². The molecule has 4 heteroatoms. The second-order valence-electron chi connectivity index (χ2n) is 3.61. The van der Waals surface area contributed by atoms with Crippen LogP contribution in [0.5, 0.6) is 5.95 Å². The summed E-state index contributed by atoms with van der Waals surface area (Å²) >= 11 is 2.14. The molecule has 0 aliphatic carbocycles. The molecule has 1 heterocycles. The van der Waals surface area contributed by atoms with Crippen molar-refractivity contribution in [3.63, 3.8) is 0 Å². The number of hydrogen-bond acceptors (Lipinski definition) is 3. The SMILES string of the molecule is CCCc1c(O)oc2ccc(I)cc2c1=O. The van der Waals surface area contributed by atoms with E-state index in [2.05, 4.69) is 22.6 Å². The molecule has 3 nitrogen and oxygen atoms in total. The normalized spacial score (nSPS) is 10.9. The highest BCUT2D eigenvalue weighted by atomic mass is 127. The lowest BCUT2D eigenvalue weighted by Crippen LogP contribution is -2.09. The first-order chi connectivity index (χ1) is 7.63. The Hall–Kier alpha value is -1.04. The van der Waals surface area contributed by atoms with E-state index in [1.165, 1.54) is 0 Å². The Balaban J connectivity index is 2.80. The van der Waals surface area contributed by atoms with E-state index in [1.54, 1.807) is 12.1 Å². The van der Waals surface area contributed by atoms with Crippen LogP contribution in [0.25, 0.3) is 11.0 Å². The summed E-state index contributed by atoms with van der Waals surface area (Å²) in [7, 11) is 0. The Morgan fingerprint density at radius 3 is 2.88 bits per heavy atom. The first-order valence-corrected chi connectivity index (χ1v) is 6.15. The van der Waals surface area contributed by atoms with E-state index < -0.39 is 0 Å². The van der Waals surface area contributed by atoms with Crippen LogP contribution < -0.4 is 5.43 Å². The molecule has 1 N–H and O–H groups in total. The fraction of sp³-hybridized carbons (Fsp3) is 0.250. The minimum atomic E-state index is -0.249. The van der Waals surface area contributed by atoms with Gasteiger partial charge < -0.3 is 9.52 Å². The lowest BCUT2D eigenvalue weighted by molar-refractivity contribution is 0.332. The van der Waals surface area contributed by atoms with Crippen LogP contribution in [-0.2, 0) is 6.42 Å². The van der Waals surface area contributed by atoms with Crippen LogP contribution >= 0.6 is 22.6 Å². The van der Waals surface area contributed by atoms with Gasteiger partial charge in [-0.15, -0.1) is 0 Å². The van der Waals surface area contributed by atoms with E-state index in [-0.39, 0.29) is 11.4 Å². The molecule has 0 bridgehead atoms. The fourth-order valence-corrected chi connectivity index (χ4v) is 2.16. The summed E-state index contributed by atoms with van der Waals surface area (Å²) in [6, 6.07) is 5.32. The molecule has 0 radical (unpaired) electrons. The number of rotatable bonds is 2. The van der Waals surface area contributed by atoms with Gasteiger partial charge in [-0.3, -0.25) is 4.79 Å². The highest BCUT2D eigenvalue weighted by Crippen LogP contribution is 2.22. The maximum Gasteiger partial charge on any atom is 0.289 e. The van der Waals surface area contributed by atoms with Crippen molar-refractivity contribution < 1.29 is 9.52 Å². The molecule has 2 aromatic rings. The highest BCUT2D eigenvalue weighted by molar-refractivity contribution is 14.1. The Labute approximate surface area is 106 Å². The van der Waals surface area contributed by atoms with Gasteiger partial charge in [0.2, 0.25) is 0 Å². The molecule has 0 aliphatic rings. The fourth-order valence-electron chi connectivity index (χ4n) is 1.66. The van der Waals surface area contributed by atoms with E-state index in [0.29, 0.717) is 23.0 Å². The van der Waals surface area contributed by atoms with Crippen molar-refractivity contribution in [2.24, 2.45) is 0 Å². The molecule has 0 unspecified atom stereocenters. The molecule has 0 amide bonds. The summed E-state index contributed by atoms with van der Waals surface area (Å²) in [5, 5.41) is 10.2. The van der Waals surface area contributed by atoms with Crippen molar-refractivity contribution in [1.82, 2.24) is 0 Å². The van der Waals surface area contributed by atoms with E-state index in [4.69, 9.17) is 4.42 Å². The lowest BCUT2D eigenvalue weighted by Gasteiger charge is -2.04. The minimum Gasteiger partial charge on any atom is -0.480 e. The third-order valence-electron chi connectivity index (χ3n) is 2.43. The predicted octanol–water partition coefficient (Wildman–Crippen LogP) is 3.06. The summed E-state index contributed by atoms with van der Waals surface area (Å²) in [6.45, 7) is 1.96. The van der Waals surface area contributed by atoms with Crippen LogP contribution in [0.1, 0.15) is 18.9 Å². The third kappa shape index (κ3) is 1.93. The zero-order chi connectivity index (χ0) is 11.7. The van der Waals surface area contributed by atoms with Crippen molar-refractivity contribution in [2.75, 3.05) is 0 Å². The Kier molecular flexibility index (Phi) is 3.18. The molecule has 1 aromatic carbocycles. The molecule has 0 atom stereocenters. The Morgan fingerprint density at radius 2 is 2.19 bits per heavy atom. The number of benzene rings is 1. The van der Waals surface area contributed by atoms with Gasteiger partial charge in [0.1, 0.15) is 5.58 Å². The standard InChI is InChI=1S/C12H11IO3/c1-2-3-8-11(14)9-6-7(13)4-5-10(9)16-12(8)15/h4-6,15H,2-3H2,1H3. The molecule has 0 saturated carbocycles. The first kappa shape index (κ1) is 11.4. The van der Waals surface area contributed by atoms with Gasteiger partial charge >= 0.3 is 0 Å². The van der Waals surface area contributed by atoms with Gasteiger partial charge in [0.05, 0.1) is 10.9 Å². The zero-order valence-corrected chi connectivity index (χ0v) is 10.9. The average molecular weight is 330 g/mol. The zero-order valence-electron chi connectivity index (χ0n) is 8.79. The molecule has 1 aromatic heterocycles. The lowest BCUT2D eigenvalue weighted by atomic mass is 10.1. The quantitative estimate of drug-likeness (QED) is 0.861. The van der Waals surface area contributed by atoms with Gasteiger partial charge in [-0.2, -0.15) is 0 Å². The van der Waals surface area contributed by atoms with Crippen molar-refractivity contribution >= 4 is 33.6 Å². The predicted molar refractivity (Wildman–Crippen MR) is 70.9 cm³/mol. The largest absolute Gasteiger partial charge is 0.480 e. The van der Waals surface area contributed by atoms with Gasteiger partial charge in [-0.05, 0) is 47.2 Å². The Bertz CT molecular complexity index is 587. The maximum absolute atomic E-state index is 12.1. The van der Waals surface area contributed by atoms with Gasteiger partial charge in [-0.1, -0.05) is 13.3 Å². The second-order valence-corrected chi connectivity index (χ2v) is 4.85. The first-order valence-electron chi connectivity index (χ1n) is 5.07. The molecule has 16 heavy (non-hydrogen) atoms. The summed E-state index contributed by atoms with van der Waals surface area (Å²) in [5.41, 5.74) is 0.680. The molecule has 84 valence electrons. The van der Waals surface area contributed by atoms with Gasteiger partial charge in [0.25, 0.3) is 5.95 Å². The molecule has 0 aliphatic heterocycles. The van der Waals surface area contributed by atoms with Gasteiger partial charge in [-0.25, -0.2) is 0 Å². The van der Waals surface area contributed by atoms with E-state index in [9.17, 15) is 9.90 Å². The third-order valence-corrected chi connectivity index (χ3v) is 3.10.